The zero-order valence-electron chi connectivity index (χ0n) is 11.8. The van der Waals surface area contributed by atoms with E-state index in [-0.39, 0.29) is 0 Å². The molecule has 2 rings (SSSR count). The summed E-state index contributed by atoms with van der Waals surface area (Å²) in [6.45, 7) is 5.52. The predicted molar refractivity (Wildman–Crippen MR) is 81.3 cm³/mol. The number of rotatable bonds is 4. The fraction of sp³-hybridized carbons (Fsp3) is 0.250. The molecule has 1 aromatic heterocycles. The summed E-state index contributed by atoms with van der Waals surface area (Å²) in [5, 5.41) is 9.25. The van der Waals surface area contributed by atoms with Crippen LogP contribution in [0.15, 0.2) is 36.4 Å². The molecule has 4 heteroatoms. The van der Waals surface area contributed by atoms with E-state index in [1.165, 1.54) is 0 Å². The molecule has 0 aliphatic rings. The van der Waals surface area contributed by atoms with Crippen molar-refractivity contribution in [1.82, 2.24) is 4.98 Å². The summed E-state index contributed by atoms with van der Waals surface area (Å²) in [6.07, 6.45) is 0. The van der Waals surface area contributed by atoms with Gasteiger partial charge in [-0.1, -0.05) is 6.07 Å². The Labute approximate surface area is 119 Å². The number of hydrogen-bond acceptors (Lipinski definition) is 4. The molecule has 0 spiro atoms. The van der Waals surface area contributed by atoms with E-state index in [2.05, 4.69) is 22.9 Å². The molecule has 0 atom stereocenters. The second kappa shape index (κ2) is 6.07. The van der Waals surface area contributed by atoms with Crippen LogP contribution in [-0.2, 0) is 6.54 Å². The molecule has 0 saturated heterocycles. The molecule has 0 amide bonds. The first-order chi connectivity index (χ1) is 9.63. The fourth-order valence-corrected chi connectivity index (χ4v) is 2.17. The Kier molecular flexibility index (Phi) is 4.21. The molecule has 4 nitrogen and oxygen atoms in total. The zero-order chi connectivity index (χ0) is 14.5. The van der Waals surface area contributed by atoms with Crippen LogP contribution < -0.4 is 10.6 Å². The quantitative estimate of drug-likeness (QED) is 0.864. The van der Waals surface area contributed by atoms with Gasteiger partial charge in [0.05, 0.1) is 23.5 Å². The van der Waals surface area contributed by atoms with Gasteiger partial charge in [-0.15, -0.1) is 0 Å². The number of anilines is 2. The van der Waals surface area contributed by atoms with Crippen molar-refractivity contribution in [3.05, 3.63) is 53.3 Å². The van der Waals surface area contributed by atoms with Gasteiger partial charge >= 0.3 is 0 Å². The predicted octanol–water partition coefficient (Wildman–Crippen LogP) is 2.87. The fourth-order valence-electron chi connectivity index (χ4n) is 2.17. The van der Waals surface area contributed by atoms with Crippen molar-refractivity contribution in [2.45, 2.75) is 20.4 Å². The Balaban J connectivity index is 2.31. The summed E-state index contributed by atoms with van der Waals surface area (Å²) in [5.74, 6) is 0. The minimum atomic E-state index is 0.597. The average molecular weight is 266 g/mol. The van der Waals surface area contributed by atoms with Gasteiger partial charge in [-0.2, -0.15) is 5.26 Å². The molecule has 102 valence electrons. The van der Waals surface area contributed by atoms with Crippen molar-refractivity contribution in [2.75, 3.05) is 17.2 Å². The van der Waals surface area contributed by atoms with Crippen LogP contribution in [0.2, 0.25) is 0 Å². The third-order valence-electron chi connectivity index (χ3n) is 3.16. The third kappa shape index (κ3) is 3.07. The highest BCUT2D eigenvalue weighted by Crippen LogP contribution is 2.23. The zero-order valence-corrected chi connectivity index (χ0v) is 11.8. The van der Waals surface area contributed by atoms with Gasteiger partial charge in [0, 0.05) is 17.9 Å². The Morgan fingerprint density at radius 1 is 1.30 bits per heavy atom. The van der Waals surface area contributed by atoms with Gasteiger partial charge < -0.3 is 10.6 Å². The minimum Gasteiger partial charge on any atom is -0.399 e. The summed E-state index contributed by atoms with van der Waals surface area (Å²) < 4.78 is 0. The van der Waals surface area contributed by atoms with Gasteiger partial charge in [-0.05, 0) is 44.2 Å². The topological polar surface area (TPSA) is 65.9 Å². The largest absolute Gasteiger partial charge is 0.399 e. The molecule has 2 aromatic rings. The molecule has 0 unspecified atom stereocenters. The molecule has 0 saturated carbocycles. The van der Waals surface area contributed by atoms with Crippen LogP contribution in [0.4, 0.5) is 11.4 Å². The van der Waals surface area contributed by atoms with Gasteiger partial charge in [-0.3, -0.25) is 4.98 Å². The number of nitrogens with two attached hydrogens (primary N) is 1. The lowest BCUT2D eigenvalue weighted by molar-refractivity contribution is 0.804. The number of nitrogens with zero attached hydrogens (tertiary/aromatic N) is 3. The Morgan fingerprint density at radius 3 is 2.75 bits per heavy atom. The van der Waals surface area contributed by atoms with Crippen LogP contribution in [-0.4, -0.2) is 11.5 Å². The van der Waals surface area contributed by atoms with E-state index in [0.29, 0.717) is 17.8 Å². The minimum absolute atomic E-state index is 0.597. The lowest BCUT2D eigenvalue weighted by Crippen LogP contribution is -2.23. The van der Waals surface area contributed by atoms with Crippen molar-refractivity contribution < 1.29 is 0 Å². The summed E-state index contributed by atoms with van der Waals surface area (Å²) in [4.78, 5) is 6.63. The maximum absolute atomic E-state index is 9.25. The average Bonchev–Trinajstić information content (AvgIpc) is 2.45. The van der Waals surface area contributed by atoms with E-state index in [4.69, 9.17) is 5.73 Å². The van der Waals surface area contributed by atoms with E-state index in [1.54, 1.807) is 6.07 Å². The first-order valence-corrected chi connectivity index (χ1v) is 6.61. The van der Waals surface area contributed by atoms with Crippen LogP contribution in [0.3, 0.4) is 0 Å². The summed E-state index contributed by atoms with van der Waals surface area (Å²) in [6, 6.07) is 13.6. The van der Waals surface area contributed by atoms with Crippen molar-refractivity contribution >= 4 is 11.4 Å². The third-order valence-corrected chi connectivity index (χ3v) is 3.16. The highest BCUT2D eigenvalue weighted by atomic mass is 15.1. The lowest BCUT2D eigenvalue weighted by atomic mass is 10.1. The van der Waals surface area contributed by atoms with E-state index < -0.39 is 0 Å². The van der Waals surface area contributed by atoms with Crippen molar-refractivity contribution in [2.24, 2.45) is 0 Å². The van der Waals surface area contributed by atoms with Crippen LogP contribution in [0.1, 0.15) is 23.9 Å². The standard InChI is InChI=1S/C16H18N4/c1-3-20(11-15-6-4-5-12(2)19-15)16-8-7-14(18)9-13(16)10-17/h4-9H,3,11,18H2,1-2H3. The molecule has 0 aliphatic heterocycles. The van der Waals surface area contributed by atoms with Crippen LogP contribution in [0, 0.1) is 18.3 Å². The Bertz CT molecular complexity index is 643. The van der Waals surface area contributed by atoms with E-state index in [9.17, 15) is 5.26 Å². The first-order valence-electron chi connectivity index (χ1n) is 6.61. The molecular formula is C16H18N4. The van der Waals surface area contributed by atoms with Crippen LogP contribution in [0.5, 0.6) is 0 Å². The van der Waals surface area contributed by atoms with E-state index in [0.717, 1.165) is 23.6 Å². The summed E-state index contributed by atoms with van der Waals surface area (Å²) in [7, 11) is 0. The van der Waals surface area contributed by atoms with Gasteiger partial charge in [0.1, 0.15) is 6.07 Å². The van der Waals surface area contributed by atoms with Crippen LogP contribution >= 0.6 is 0 Å². The Morgan fingerprint density at radius 2 is 2.10 bits per heavy atom. The highest BCUT2D eigenvalue weighted by molar-refractivity contribution is 5.64. The van der Waals surface area contributed by atoms with E-state index >= 15 is 0 Å². The second-order valence-electron chi connectivity index (χ2n) is 4.67. The lowest BCUT2D eigenvalue weighted by Gasteiger charge is -2.24. The summed E-state index contributed by atoms with van der Waals surface area (Å²) in [5.41, 5.74) is 9.82. The number of aromatic nitrogens is 1. The van der Waals surface area contributed by atoms with Crippen molar-refractivity contribution in [1.29, 1.82) is 5.26 Å². The van der Waals surface area contributed by atoms with Gasteiger partial charge in [-0.25, -0.2) is 0 Å². The summed E-state index contributed by atoms with van der Waals surface area (Å²) >= 11 is 0. The molecule has 0 aliphatic carbocycles. The number of aryl methyl sites for hydroxylation is 1. The Hall–Kier alpha value is -2.54. The van der Waals surface area contributed by atoms with Gasteiger partial charge in [0.2, 0.25) is 0 Å². The maximum Gasteiger partial charge on any atom is 0.101 e. The number of benzene rings is 1. The molecule has 1 aromatic carbocycles. The molecule has 0 fully saturated rings. The first kappa shape index (κ1) is 13.9. The molecule has 2 N–H and O–H groups in total. The molecule has 1 heterocycles. The number of nitrogen functional groups attached to an aromatic ring is 1. The van der Waals surface area contributed by atoms with E-state index in [1.807, 2.05) is 37.3 Å². The highest BCUT2D eigenvalue weighted by Gasteiger charge is 2.11. The van der Waals surface area contributed by atoms with Gasteiger partial charge in [0.15, 0.2) is 0 Å². The van der Waals surface area contributed by atoms with Crippen molar-refractivity contribution in [3.8, 4) is 6.07 Å². The monoisotopic (exact) mass is 266 g/mol. The van der Waals surface area contributed by atoms with Crippen LogP contribution in [0.25, 0.3) is 0 Å². The molecule has 20 heavy (non-hydrogen) atoms. The van der Waals surface area contributed by atoms with Gasteiger partial charge in [0.25, 0.3) is 0 Å². The maximum atomic E-state index is 9.25. The molecule has 0 bridgehead atoms. The SMILES string of the molecule is CCN(Cc1cccc(C)n1)c1ccc(N)cc1C#N. The second-order valence-corrected chi connectivity index (χ2v) is 4.67. The normalized spacial score (nSPS) is 10.1. The molecule has 0 radical (unpaired) electrons. The number of nitriles is 1. The molecular weight excluding hydrogens is 248 g/mol. The smallest absolute Gasteiger partial charge is 0.101 e. The van der Waals surface area contributed by atoms with Crippen molar-refractivity contribution in [3.63, 3.8) is 0 Å². The number of hydrogen-bond donors (Lipinski definition) is 1. The number of pyridine rings is 1.